The Hall–Kier alpha value is -1.29. The predicted octanol–water partition coefficient (Wildman–Crippen LogP) is 0.434. The molecule has 0 unspecified atom stereocenters. The summed E-state index contributed by atoms with van der Waals surface area (Å²) in [5.74, 6) is -0.153. The van der Waals surface area contributed by atoms with Crippen LogP contribution in [0.2, 0.25) is 0 Å². The van der Waals surface area contributed by atoms with Gasteiger partial charge in [0, 0.05) is 18.4 Å². The number of carbonyl (C=O) groups is 1. The zero-order valence-electron chi connectivity index (χ0n) is 7.79. The fourth-order valence-electron chi connectivity index (χ4n) is 1.03. The number of carbonyl (C=O) groups excluding carboxylic acids is 1. The van der Waals surface area contributed by atoms with Crippen molar-refractivity contribution in [3.05, 3.63) is 23.5 Å². The number of aliphatic hydroxyl groups is 1. The standard InChI is InChI=1S/C9H14N2O2/c1-6(12)5-11-9(13)8-3-4-10-7(8)2/h3-4,6,10,12H,5H2,1-2H3,(H,11,13)/t6-/m1/s1. The molecule has 1 aromatic rings. The lowest BCUT2D eigenvalue weighted by atomic mass is 10.2. The third kappa shape index (κ3) is 2.59. The van der Waals surface area contributed by atoms with Crippen LogP contribution in [-0.4, -0.2) is 28.6 Å². The SMILES string of the molecule is Cc1[nH]ccc1C(=O)NC[C@@H](C)O. The Labute approximate surface area is 77.0 Å². The lowest BCUT2D eigenvalue weighted by molar-refractivity contribution is 0.0923. The second-order valence-electron chi connectivity index (χ2n) is 3.08. The van der Waals surface area contributed by atoms with Crippen LogP contribution in [0.15, 0.2) is 12.3 Å². The molecule has 0 aliphatic rings. The van der Waals surface area contributed by atoms with Crippen molar-refractivity contribution in [3.8, 4) is 0 Å². The molecule has 0 spiro atoms. The first-order valence-electron chi connectivity index (χ1n) is 4.21. The number of hydrogen-bond donors (Lipinski definition) is 3. The Morgan fingerprint density at radius 1 is 1.77 bits per heavy atom. The van der Waals surface area contributed by atoms with E-state index in [0.29, 0.717) is 5.56 Å². The zero-order chi connectivity index (χ0) is 9.84. The number of hydrogen-bond acceptors (Lipinski definition) is 2. The molecule has 1 rings (SSSR count). The van der Waals surface area contributed by atoms with Crippen LogP contribution in [-0.2, 0) is 0 Å². The Kier molecular flexibility index (Phi) is 3.08. The topological polar surface area (TPSA) is 65.1 Å². The van der Waals surface area contributed by atoms with Gasteiger partial charge in [0.1, 0.15) is 0 Å². The van der Waals surface area contributed by atoms with Crippen molar-refractivity contribution in [1.82, 2.24) is 10.3 Å². The van der Waals surface area contributed by atoms with Gasteiger partial charge in [0.2, 0.25) is 0 Å². The molecule has 1 heterocycles. The number of aromatic amines is 1. The van der Waals surface area contributed by atoms with Gasteiger partial charge in [0.15, 0.2) is 0 Å². The minimum absolute atomic E-state index is 0.153. The summed E-state index contributed by atoms with van der Waals surface area (Å²) >= 11 is 0. The molecule has 72 valence electrons. The Morgan fingerprint density at radius 2 is 2.46 bits per heavy atom. The van der Waals surface area contributed by atoms with Crippen molar-refractivity contribution in [2.24, 2.45) is 0 Å². The molecule has 4 heteroatoms. The zero-order valence-corrected chi connectivity index (χ0v) is 7.79. The first kappa shape index (κ1) is 9.80. The molecular weight excluding hydrogens is 168 g/mol. The van der Waals surface area contributed by atoms with Gasteiger partial charge in [-0.15, -0.1) is 0 Å². The van der Waals surface area contributed by atoms with Gasteiger partial charge in [0.05, 0.1) is 11.7 Å². The summed E-state index contributed by atoms with van der Waals surface area (Å²) in [5.41, 5.74) is 1.46. The number of amides is 1. The second-order valence-corrected chi connectivity index (χ2v) is 3.08. The molecule has 0 aliphatic heterocycles. The van der Waals surface area contributed by atoms with E-state index in [1.54, 1.807) is 19.2 Å². The molecule has 4 nitrogen and oxygen atoms in total. The lowest BCUT2D eigenvalue weighted by Crippen LogP contribution is -2.30. The van der Waals surface area contributed by atoms with Gasteiger partial charge in [0.25, 0.3) is 5.91 Å². The highest BCUT2D eigenvalue weighted by atomic mass is 16.3. The normalized spacial score (nSPS) is 12.5. The molecule has 3 N–H and O–H groups in total. The first-order valence-corrected chi connectivity index (χ1v) is 4.21. The smallest absolute Gasteiger partial charge is 0.253 e. The Balaban J connectivity index is 2.54. The quantitative estimate of drug-likeness (QED) is 0.634. The van der Waals surface area contributed by atoms with Crippen molar-refractivity contribution >= 4 is 5.91 Å². The minimum Gasteiger partial charge on any atom is -0.392 e. The monoisotopic (exact) mass is 182 g/mol. The highest BCUT2D eigenvalue weighted by Gasteiger charge is 2.09. The van der Waals surface area contributed by atoms with Gasteiger partial charge in [-0.05, 0) is 19.9 Å². The summed E-state index contributed by atoms with van der Waals surface area (Å²) < 4.78 is 0. The van der Waals surface area contributed by atoms with Crippen LogP contribution in [0.4, 0.5) is 0 Å². The van der Waals surface area contributed by atoms with Gasteiger partial charge in [-0.2, -0.15) is 0 Å². The van der Waals surface area contributed by atoms with Crippen molar-refractivity contribution in [3.63, 3.8) is 0 Å². The van der Waals surface area contributed by atoms with Crippen LogP contribution >= 0.6 is 0 Å². The fraction of sp³-hybridized carbons (Fsp3) is 0.444. The number of rotatable bonds is 3. The molecule has 0 saturated carbocycles. The van der Waals surface area contributed by atoms with E-state index in [1.165, 1.54) is 0 Å². The maximum Gasteiger partial charge on any atom is 0.253 e. The fourth-order valence-corrected chi connectivity index (χ4v) is 1.03. The van der Waals surface area contributed by atoms with Crippen molar-refractivity contribution < 1.29 is 9.90 Å². The van der Waals surface area contributed by atoms with E-state index in [9.17, 15) is 4.79 Å². The Bertz CT molecular complexity index is 292. The van der Waals surface area contributed by atoms with Gasteiger partial charge >= 0.3 is 0 Å². The van der Waals surface area contributed by atoms with E-state index < -0.39 is 6.10 Å². The van der Waals surface area contributed by atoms with E-state index in [4.69, 9.17) is 5.11 Å². The molecule has 13 heavy (non-hydrogen) atoms. The molecule has 1 amide bonds. The molecule has 0 bridgehead atoms. The molecule has 0 aliphatic carbocycles. The van der Waals surface area contributed by atoms with E-state index >= 15 is 0 Å². The average molecular weight is 182 g/mol. The first-order chi connectivity index (χ1) is 6.11. The highest BCUT2D eigenvalue weighted by Crippen LogP contribution is 2.03. The largest absolute Gasteiger partial charge is 0.392 e. The van der Waals surface area contributed by atoms with Crippen LogP contribution in [0.25, 0.3) is 0 Å². The van der Waals surface area contributed by atoms with Gasteiger partial charge in [-0.3, -0.25) is 4.79 Å². The van der Waals surface area contributed by atoms with Crippen LogP contribution in [0, 0.1) is 6.92 Å². The third-order valence-corrected chi connectivity index (χ3v) is 1.76. The highest BCUT2D eigenvalue weighted by molar-refractivity contribution is 5.95. The summed E-state index contributed by atoms with van der Waals surface area (Å²) in [6.45, 7) is 3.74. The minimum atomic E-state index is -0.511. The summed E-state index contributed by atoms with van der Waals surface area (Å²) in [6, 6.07) is 1.71. The number of aliphatic hydroxyl groups excluding tert-OH is 1. The number of aromatic nitrogens is 1. The molecule has 0 saturated heterocycles. The molecule has 0 fully saturated rings. The maximum atomic E-state index is 11.4. The van der Waals surface area contributed by atoms with E-state index in [0.717, 1.165) is 5.69 Å². The van der Waals surface area contributed by atoms with E-state index in [2.05, 4.69) is 10.3 Å². The summed E-state index contributed by atoms with van der Waals surface area (Å²) in [6.07, 6.45) is 1.20. The van der Waals surface area contributed by atoms with Gasteiger partial charge in [-0.25, -0.2) is 0 Å². The molecule has 0 radical (unpaired) electrons. The average Bonchev–Trinajstić information content (AvgIpc) is 2.47. The maximum absolute atomic E-state index is 11.4. The van der Waals surface area contributed by atoms with Gasteiger partial charge in [-0.1, -0.05) is 0 Å². The van der Waals surface area contributed by atoms with Crippen LogP contribution < -0.4 is 5.32 Å². The van der Waals surface area contributed by atoms with Crippen LogP contribution in [0.1, 0.15) is 23.0 Å². The van der Waals surface area contributed by atoms with Crippen LogP contribution in [0.5, 0.6) is 0 Å². The number of nitrogens with one attached hydrogen (secondary N) is 2. The van der Waals surface area contributed by atoms with Crippen molar-refractivity contribution in [1.29, 1.82) is 0 Å². The molecular formula is C9H14N2O2. The van der Waals surface area contributed by atoms with E-state index in [1.807, 2.05) is 6.92 Å². The molecule has 1 aromatic heterocycles. The van der Waals surface area contributed by atoms with E-state index in [-0.39, 0.29) is 12.5 Å². The lowest BCUT2D eigenvalue weighted by Gasteiger charge is -2.06. The summed E-state index contributed by atoms with van der Waals surface area (Å²) in [4.78, 5) is 14.3. The molecule has 0 aromatic carbocycles. The Morgan fingerprint density at radius 3 is 2.92 bits per heavy atom. The van der Waals surface area contributed by atoms with Crippen molar-refractivity contribution in [2.45, 2.75) is 20.0 Å². The molecule has 1 atom stereocenters. The summed E-state index contributed by atoms with van der Waals surface area (Å²) in [7, 11) is 0. The number of aryl methyl sites for hydroxylation is 1. The second kappa shape index (κ2) is 4.09. The van der Waals surface area contributed by atoms with Gasteiger partial charge < -0.3 is 15.4 Å². The summed E-state index contributed by atoms with van der Waals surface area (Å²) in [5, 5.41) is 11.6. The van der Waals surface area contributed by atoms with Crippen molar-refractivity contribution in [2.75, 3.05) is 6.54 Å². The predicted molar refractivity (Wildman–Crippen MR) is 49.5 cm³/mol. The third-order valence-electron chi connectivity index (χ3n) is 1.76. The number of H-pyrrole nitrogens is 1. The van der Waals surface area contributed by atoms with Crippen LogP contribution in [0.3, 0.4) is 0 Å².